The molecule has 5 heteroatoms. The number of rotatable bonds is 10. The summed E-state index contributed by atoms with van der Waals surface area (Å²) in [5, 5.41) is 11.7. The molecule has 0 saturated heterocycles. The summed E-state index contributed by atoms with van der Waals surface area (Å²) in [6.07, 6.45) is 7.84. The molecule has 1 heterocycles. The van der Waals surface area contributed by atoms with Gasteiger partial charge in [0, 0.05) is 31.9 Å². The Morgan fingerprint density at radius 2 is 2.42 bits per heavy atom. The van der Waals surface area contributed by atoms with Gasteiger partial charge in [0.15, 0.2) is 0 Å². The van der Waals surface area contributed by atoms with E-state index in [-0.39, 0.29) is 0 Å². The van der Waals surface area contributed by atoms with Crippen LogP contribution in [0.25, 0.3) is 0 Å². The van der Waals surface area contributed by atoms with Crippen LogP contribution in [-0.4, -0.2) is 45.6 Å². The molecule has 5 nitrogen and oxygen atoms in total. The van der Waals surface area contributed by atoms with Gasteiger partial charge in [-0.3, -0.25) is 9.58 Å². The van der Waals surface area contributed by atoms with E-state index in [1.54, 1.807) is 0 Å². The Bertz CT molecular complexity index is 383. The smallest absolute Gasteiger partial charge is 0.0964 e. The fourth-order valence-corrected chi connectivity index (χ4v) is 2.18. The summed E-state index contributed by atoms with van der Waals surface area (Å²) in [6.45, 7) is 10.7. The fraction of sp³-hybridized carbons (Fsp3) is 0.714. The molecule has 0 atom stereocenters. The van der Waals surface area contributed by atoms with Gasteiger partial charge >= 0.3 is 0 Å². The lowest BCUT2D eigenvalue weighted by Gasteiger charge is -2.19. The van der Waals surface area contributed by atoms with Gasteiger partial charge in [-0.05, 0) is 25.8 Å². The second-order valence-electron chi connectivity index (χ2n) is 5.16. The highest BCUT2D eigenvalue weighted by atomic mass is 15.4. The van der Waals surface area contributed by atoms with Gasteiger partial charge in [0.05, 0.1) is 12.2 Å². The predicted octanol–water partition coefficient (Wildman–Crippen LogP) is 1.43. The Morgan fingerprint density at radius 1 is 1.58 bits per heavy atom. The third-order valence-electron chi connectivity index (χ3n) is 3.36. The SMILES string of the molecule is C=CCN(CCn1cc(CNCCC)nn1)C1CC1. The zero-order valence-electron chi connectivity index (χ0n) is 11.9. The second kappa shape index (κ2) is 7.40. The van der Waals surface area contributed by atoms with Crippen molar-refractivity contribution in [2.75, 3.05) is 19.6 Å². The maximum Gasteiger partial charge on any atom is 0.0964 e. The molecule has 19 heavy (non-hydrogen) atoms. The van der Waals surface area contributed by atoms with E-state index in [1.807, 2.05) is 17.0 Å². The van der Waals surface area contributed by atoms with Crippen molar-refractivity contribution in [2.45, 2.75) is 45.3 Å². The second-order valence-corrected chi connectivity index (χ2v) is 5.16. The highest BCUT2D eigenvalue weighted by Crippen LogP contribution is 2.26. The number of hydrogen-bond donors (Lipinski definition) is 1. The molecule has 1 fully saturated rings. The highest BCUT2D eigenvalue weighted by molar-refractivity contribution is 4.92. The summed E-state index contributed by atoms with van der Waals surface area (Å²) >= 11 is 0. The minimum Gasteiger partial charge on any atom is -0.311 e. The quantitative estimate of drug-likeness (QED) is 0.512. The molecule has 1 saturated carbocycles. The Hall–Kier alpha value is -1.20. The molecule has 0 unspecified atom stereocenters. The molecule has 0 spiro atoms. The average molecular weight is 263 g/mol. The molecule has 106 valence electrons. The average Bonchev–Trinajstić information content (AvgIpc) is 3.16. The Morgan fingerprint density at radius 3 is 3.11 bits per heavy atom. The number of nitrogens with zero attached hydrogens (tertiary/aromatic N) is 4. The summed E-state index contributed by atoms with van der Waals surface area (Å²) in [7, 11) is 0. The predicted molar refractivity (Wildman–Crippen MR) is 76.8 cm³/mol. The van der Waals surface area contributed by atoms with Crippen LogP contribution < -0.4 is 5.32 Å². The molecule has 0 amide bonds. The van der Waals surface area contributed by atoms with Crippen molar-refractivity contribution in [3.63, 3.8) is 0 Å². The largest absolute Gasteiger partial charge is 0.311 e. The van der Waals surface area contributed by atoms with Gasteiger partial charge in [-0.25, -0.2) is 0 Å². The third-order valence-corrected chi connectivity index (χ3v) is 3.36. The first-order chi connectivity index (χ1) is 9.33. The van der Waals surface area contributed by atoms with Crippen LogP contribution >= 0.6 is 0 Å². The van der Waals surface area contributed by atoms with Crippen molar-refractivity contribution in [3.05, 3.63) is 24.5 Å². The van der Waals surface area contributed by atoms with Crippen molar-refractivity contribution < 1.29 is 0 Å². The standard InChI is InChI=1S/C14H25N5/c1-3-7-15-11-13-12-19(17-16-13)10-9-18(8-4-2)14-5-6-14/h4,12,14-15H,2-3,5-11H2,1H3. The van der Waals surface area contributed by atoms with Crippen molar-refractivity contribution >= 4 is 0 Å². The van der Waals surface area contributed by atoms with Crippen LogP contribution in [0.4, 0.5) is 0 Å². The molecular weight excluding hydrogens is 238 g/mol. The molecule has 0 aliphatic heterocycles. The van der Waals surface area contributed by atoms with Gasteiger partial charge < -0.3 is 5.32 Å². The number of hydrogen-bond acceptors (Lipinski definition) is 4. The van der Waals surface area contributed by atoms with E-state index in [4.69, 9.17) is 0 Å². The van der Waals surface area contributed by atoms with Crippen LogP contribution in [0.2, 0.25) is 0 Å². The first-order valence-electron chi connectivity index (χ1n) is 7.28. The molecule has 0 radical (unpaired) electrons. The van der Waals surface area contributed by atoms with E-state index < -0.39 is 0 Å². The minimum absolute atomic E-state index is 0.771. The van der Waals surface area contributed by atoms with Gasteiger partial charge in [0.2, 0.25) is 0 Å². The molecule has 2 rings (SSSR count). The molecule has 1 N–H and O–H groups in total. The zero-order valence-corrected chi connectivity index (χ0v) is 11.9. The van der Waals surface area contributed by atoms with Crippen molar-refractivity contribution in [2.24, 2.45) is 0 Å². The van der Waals surface area contributed by atoms with E-state index in [1.165, 1.54) is 12.8 Å². The van der Waals surface area contributed by atoms with Crippen LogP contribution in [0.15, 0.2) is 18.9 Å². The maximum atomic E-state index is 4.18. The minimum atomic E-state index is 0.771. The topological polar surface area (TPSA) is 46.0 Å². The highest BCUT2D eigenvalue weighted by Gasteiger charge is 2.27. The first kappa shape index (κ1) is 14.2. The third kappa shape index (κ3) is 4.76. The summed E-state index contributed by atoms with van der Waals surface area (Å²) in [5.41, 5.74) is 1.02. The van der Waals surface area contributed by atoms with E-state index in [2.05, 4.69) is 34.0 Å². The van der Waals surface area contributed by atoms with Crippen molar-refractivity contribution in [3.8, 4) is 0 Å². The molecule has 1 aromatic rings. The Balaban J connectivity index is 1.74. The lowest BCUT2D eigenvalue weighted by Crippen LogP contribution is -2.30. The van der Waals surface area contributed by atoms with Crippen molar-refractivity contribution in [1.29, 1.82) is 0 Å². The van der Waals surface area contributed by atoms with E-state index >= 15 is 0 Å². The van der Waals surface area contributed by atoms with E-state index in [9.17, 15) is 0 Å². The van der Waals surface area contributed by atoms with Crippen molar-refractivity contribution in [1.82, 2.24) is 25.2 Å². The summed E-state index contributed by atoms with van der Waals surface area (Å²) in [5.74, 6) is 0. The van der Waals surface area contributed by atoms with E-state index in [0.717, 1.165) is 50.9 Å². The number of nitrogens with one attached hydrogen (secondary N) is 1. The Labute approximate surface area is 115 Å². The lowest BCUT2D eigenvalue weighted by molar-refractivity contribution is 0.273. The fourth-order valence-electron chi connectivity index (χ4n) is 2.18. The molecule has 1 aliphatic carbocycles. The van der Waals surface area contributed by atoms with E-state index in [0.29, 0.717) is 0 Å². The molecular formula is C14H25N5. The lowest BCUT2D eigenvalue weighted by atomic mass is 10.4. The molecule has 0 bridgehead atoms. The van der Waals surface area contributed by atoms with Crippen LogP contribution in [0, 0.1) is 0 Å². The Kier molecular flexibility index (Phi) is 5.54. The normalized spacial score (nSPS) is 15.1. The van der Waals surface area contributed by atoms with Gasteiger partial charge in [-0.2, -0.15) is 0 Å². The van der Waals surface area contributed by atoms with Crippen LogP contribution in [0.3, 0.4) is 0 Å². The number of aromatic nitrogens is 3. The maximum absolute atomic E-state index is 4.18. The summed E-state index contributed by atoms with van der Waals surface area (Å²) in [6, 6.07) is 0.771. The van der Waals surface area contributed by atoms with Crippen LogP contribution in [0.1, 0.15) is 31.9 Å². The van der Waals surface area contributed by atoms with Crippen LogP contribution in [0.5, 0.6) is 0 Å². The van der Waals surface area contributed by atoms with Crippen LogP contribution in [-0.2, 0) is 13.1 Å². The summed E-state index contributed by atoms with van der Waals surface area (Å²) < 4.78 is 1.95. The molecule has 0 aromatic carbocycles. The van der Waals surface area contributed by atoms with Gasteiger partial charge in [0.25, 0.3) is 0 Å². The monoisotopic (exact) mass is 263 g/mol. The molecule has 1 aliphatic rings. The van der Waals surface area contributed by atoms with Gasteiger partial charge in [-0.15, -0.1) is 11.7 Å². The van der Waals surface area contributed by atoms with Gasteiger partial charge in [0.1, 0.15) is 0 Å². The zero-order chi connectivity index (χ0) is 13.5. The molecule has 1 aromatic heterocycles. The first-order valence-corrected chi connectivity index (χ1v) is 7.28. The summed E-state index contributed by atoms with van der Waals surface area (Å²) in [4.78, 5) is 2.48. The van der Waals surface area contributed by atoms with Gasteiger partial charge in [-0.1, -0.05) is 18.2 Å².